The number of hydrogen-bond acceptors (Lipinski definition) is 5. The summed E-state index contributed by atoms with van der Waals surface area (Å²) in [5, 5.41) is 8.94. The third kappa shape index (κ3) is 4.53. The SMILES string of the molecule is c1ccc(-c2cccc(-c3nc(-c4ccc5oc6ccccc6c5c4)nc(-c4ccc5oc6ccc7ccc8ccccc8c7c6c5c4)n3)c2)cc1. The average Bonchev–Trinajstić information content (AvgIpc) is 3.78. The molecule has 0 aliphatic rings. The third-order valence-electron chi connectivity index (χ3n) is 10.1. The number of aromatic nitrogens is 3. The van der Waals surface area contributed by atoms with E-state index in [9.17, 15) is 0 Å². The van der Waals surface area contributed by atoms with Crippen LogP contribution < -0.4 is 0 Å². The van der Waals surface area contributed by atoms with Gasteiger partial charge >= 0.3 is 0 Å². The summed E-state index contributed by atoms with van der Waals surface area (Å²) in [7, 11) is 0. The molecule has 0 aliphatic carbocycles. The second kappa shape index (κ2) is 11.2. The normalized spacial score (nSPS) is 11.8. The molecule has 0 N–H and O–H groups in total. The maximum Gasteiger partial charge on any atom is 0.164 e. The fraction of sp³-hybridized carbons (Fsp3) is 0. The highest BCUT2D eigenvalue weighted by Gasteiger charge is 2.18. The Morgan fingerprint density at radius 2 is 0.827 bits per heavy atom. The van der Waals surface area contributed by atoms with Crippen molar-refractivity contribution < 1.29 is 8.83 Å². The van der Waals surface area contributed by atoms with Crippen LogP contribution in [-0.2, 0) is 0 Å². The van der Waals surface area contributed by atoms with Gasteiger partial charge in [0.15, 0.2) is 17.5 Å². The van der Waals surface area contributed by atoms with Crippen LogP contribution in [0.4, 0.5) is 0 Å². The van der Waals surface area contributed by atoms with Gasteiger partial charge in [-0.15, -0.1) is 0 Å². The molecular formula is C47H27N3O2. The smallest absolute Gasteiger partial charge is 0.164 e. The predicted molar refractivity (Wildman–Crippen MR) is 211 cm³/mol. The highest BCUT2D eigenvalue weighted by atomic mass is 16.3. The van der Waals surface area contributed by atoms with Crippen molar-refractivity contribution in [3.8, 4) is 45.3 Å². The van der Waals surface area contributed by atoms with E-state index in [-0.39, 0.29) is 0 Å². The molecule has 5 nitrogen and oxygen atoms in total. The summed E-state index contributed by atoms with van der Waals surface area (Å²) in [4.78, 5) is 15.4. The topological polar surface area (TPSA) is 65.0 Å². The zero-order valence-electron chi connectivity index (χ0n) is 27.7. The van der Waals surface area contributed by atoms with E-state index in [4.69, 9.17) is 23.8 Å². The van der Waals surface area contributed by atoms with Gasteiger partial charge in [0.05, 0.1) is 0 Å². The summed E-state index contributed by atoms with van der Waals surface area (Å²) in [5.41, 5.74) is 8.26. The van der Waals surface area contributed by atoms with Gasteiger partial charge in [0.2, 0.25) is 0 Å². The van der Waals surface area contributed by atoms with Gasteiger partial charge in [-0.25, -0.2) is 15.0 Å². The number of hydrogen-bond donors (Lipinski definition) is 0. The Morgan fingerprint density at radius 1 is 0.288 bits per heavy atom. The minimum atomic E-state index is 0.587. The number of para-hydroxylation sites is 1. The van der Waals surface area contributed by atoms with Crippen LogP contribution in [0, 0.1) is 0 Å². The minimum Gasteiger partial charge on any atom is -0.456 e. The second-order valence-electron chi connectivity index (χ2n) is 13.2. The molecule has 0 spiro atoms. The minimum absolute atomic E-state index is 0.587. The van der Waals surface area contributed by atoms with Crippen molar-refractivity contribution in [1.29, 1.82) is 0 Å². The molecule has 0 aliphatic heterocycles. The Bertz CT molecular complexity index is 3190. The van der Waals surface area contributed by atoms with Crippen LogP contribution in [0.2, 0.25) is 0 Å². The van der Waals surface area contributed by atoms with E-state index in [1.165, 1.54) is 21.5 Å². The lowest BCUT2D eigenvalue weighted by atomic mass is 9.97. The first-order valence-corrected chi connectivity index (χ1v) is 17.3. The van der Waals surface area contributed by atoms with E-state index in [1.54, 1.807) is 0 Å². The van der Waals surface area contributed by atoms with E-state index >= 15 is 0 Å². The van der Waals surface area contributed by atoms with Gasteiger partial charge in [-0.1, -0.05) is 109 Å². The quantitative estimate of drug-likeness (QED) is 0.175. The second-order valence-corrected chi connectivity index (χ2v) is 13.2. The molecule has 8 aromatic carbocycles. The lowest BCUT2D eigenvalue weighted by molar-refractivity contribution is 0.668. The van der Waals surface area contributed by atoms with Gasteiger partial charge in [0.25, 0.3) is 0 Å². The molecule has 11 rings (SSSR count). The van der Waals surface area contributed by atoms with E-state index < -0.39 is 0 Å². The average molecular weight is 666 g/mol. The van der Waals surface area contributed by atoms with E-state index in [2.05, 4.69) is 115 Å². The zero-order valence-corrected chi connectivity index (χ0v) is 27.7. The largest absolute Gasteiger partial charge is 0.456 e. The van der Waals surface area contributed by atoms with Crippen molar-refractivity contribution in [1.82, 2.24) is 15.0 Å². The van der Waals surface area contributed by atoms with Crippen LogP contribution in [0.25, 0.3) is 111 Å². The molecule has 0 bridgehead atoms. The first-order valence-electron chi connectivity index (χ1n) is 17.3. The number of benzene rings is 8. The first kappa shape index (κ1) is 28.7. The predicted octanol–water partition coefficient (Wildman–Crippen LogP) is 12.6. The first-order chi connectivity index (χ1) is 25.7. The Hall–Kier alpha value is -7.11. The van der Waals surface area contributed by atoms with Crippen LogP contribution >= 0.6 is 0 Å². The van der Waals surface area contributed by atoms with Crippen LogP contribution in [0.3, 0.4) is 0 Å². The molecule has 0 saturated heterocycles. The van der Waals surface area contributed by atoms with Crippen molar-refractivity contribution in [2.75, 3.05) is 0 Å². The Balaban J connectivity index is 1.15. The molecule has 0 amide bonds. The summed E-state index contributed by atoms with van der Waals surface area (Å²) >= 11 is 0. The van der Waals surface area contributed by atoms with Crippen molar-refractivity contribution in [3.63, 3.8) is 0 Å². The van der Waals surface area contributed by atoms with Crippen LogP contribution in [-0.4, -0.2) is 15.0 Å². The zero-order chi connectivity index (χ0) is 34.2. The monoisotopic (exact) mass is 665 g/mol. The molecule has 242 valence electrons. The summed E-state index contributed by atoms with van der Waals surface area (Å²) in [6.45, 7) is 0. The Kier molecular flexibility index (Phi) is 6.18. The van der Waals surface area contributed by atoms with Gasteiger partial charge in [-0.05, 0) is 81.9 Å². The fourth-order valence-electron chi connectivity index (χ4n) is 7.60. The van der Waals surface area contributed by atoms with Crippen LogP contribution in [0.5, 0.6) is 0 Å². The molecule has 0 atom stereocenters. The molecule has 3 heterocycles. The van der Waals surface area contributed by atoms with Crippen molar-refractivity contribution >= 4 is 65.4 Å². The molecule has 52 heavy (non-hydrogen) atoms. The van der Waals surface area contributed by atoms with Crippen LogP contribution in [0.1, 0.15) is 0 Å². The highest BCUT2D eigenvalue weighted by Crippen LogP contribution is 2.40. The summed E-state index contributed by atoms with van der Waals surface area (Å²) in [5.74, 6) is 1.78. The van der Waals surface area contributed by atoms with E-state index in [0.717, 1.165) is 71.7 Å². The summed E-state index contributed by atoms with van der Waals surface area (Å²) in [6.07, 6.45) is 0. The number of fused-ring (bicyclic) bond motifs is 10. The molecule has 11 aromatic rings. The van der Waals surface area contributed by atoms with Gasteiger partial charge in [-0.3, -0.25) is 0 Å². The fourth-order valence-corrected chi connectivity index (χ4v) is 7.60. The molecule has 0 radical (unpaired) electrons. The van der Waals surface area contributed by atoms with Gasteiger partial charge < -0.3 is 8.83 Å². The van der Waals surface area contributed by atoms with Crippen molar-refractivity contribution in [2.24, 2.45) is 0 Å². The lowest BCUT2D eigenvalue weighted by Gasteiger charge is -2.10. The number of rotatable bonds is 4. The molecule has 0 saturated carbocycles. The van der Waals surface area contributed by atoms with E-state index in [0.29, 0.717) is 17.5 Å². The third-order valence-corrected chi connectivity index (χ3v) is 10.1. The Labute approximate surface area is 297 Å². The van der Waals surface area contributed by atoms with Crippen LogP contribution in [0.15, 0.2) is 173 Å². The lowest BCUT2D eigenvalue weighted by Crippen LogP contribution is -2.00. The summed E-state index contributed by atoms with van der Waals surface area (Å²) in [6, 6.07) is 56.4. The molecule has 0 unspecified atom stereocenters. The Morgan fingerprint density at radius 3 is 1.63 bits per heavy atom. The van der Waals surface area contributed by atoms with Gasteiger partial charge in [0.1, 0.15) is 22.3 Å². The maximum atomic E-state index is 6.45. The maximum absolute atomic E-state index is 6.45. The molecular weight excluding hydrogens is 639 g/mol. The molecule has 0 fully saturated rings. The van der Waals surface area contributed by atoms with Crippen molar-refractivity contribution in [3.05, 3.63) is 164 Å². The molecule has 3 aromatic heterocycles. The number of furan rings is 2. The highest BCUT2D eigenvalue weighted by molar-refractivity contribution is 6.26. The van der Waals surface area contributed by atoms with Gasteiger partial charge in [0, 0.05) is 43.6 Å². The standard InChI is InChI=1S/C47H27N3O2/c1-2-9-28(10-3-1)31-12-8-13-32(25-31)45-48-46(33-20-22-40-37(26-33)36-15-6-7-16-39(36)51-40)50-47(49-45)34-21-23-41-38(27-34)44-42(52-41)24-19-30-18-17-29-11-4-5-14-35(29)43(30)44/h1-27H. The summed E-state index contributed by atoms with van der Waals surface area (Å²) < 4.78 is 12.6. The van der Waals surface area contributed by atoms with E-state index in [1.807, 2.05) is 48.5 Å². The molecule has 5 heteroatoms. The van der Waals surface area contributed by atoms with Crippen molar-refractivity contribution in [2.45, 2.75) is 0 Å². The van der Waals surface area contributed by atoms with Gasteiger partial charge in [-0.2, -0.15) is 0 Å². The number of nitrogens with zero attached hydrogens (tertiary/aromatic N) is 3.